The summed E-state index contributed by atoms with van der Waals surface area (Å²) in [6.07, 6.45) is 0. The Labute approximate surface area is 106 Å². The van der Waals surface area contributed by atoms with Gasteiger partial charge in [0.2, 0.25) is 0 Å². The molecule has 2 amide bonds. The van der Waals surface area contributed by atoms with Crippen molar-refractivity contribution in [3.63, 3.8) is 0 Å². The first-order chi connectivity index (χ1) is 8.63. The third-order valence-electron chi connectivity index (χ3n) is 2.13. The molecule has 98 valence electrons. The van der Waals surface area contributed by atoms with E-state index < -0.39 is 12.0 Å². The topological polar surface area (TPSA) is 79.5 Å². The van der Waals surface area contributed by atoms with Gasteiger partial charge in [0.1, 0.15) is 6.54 Å². The van der Waals surface area contributed by atoms with Gasteiger partial charge in [0.05, 0.1) is 6.61 Å². The number of hydrogen-bond donors (Lipinski definition) is 3. The number of aryl methyl sites for hydroxylation is 1. The van der Waals surface area contributed by atoms with E-state index >= 15 is 0 Å². The first kappa shape index (κ1) is 14.0. The van der Waals surface area contributed by atoms with Gasteiger partial charge in [-0.3, -0.25) is 10.2 Å². The van der Waals surface area contributed by atoms with E-state index in [1.165, 1.54) is 0 Å². The number of benzene rings is 1. The quantitative estimate of drug-likeness (QED) is 0.542. The lowest BCUT2D eigenvalue weighted by atomic mass is 10.2. The maximum atomic E-state index is 11.5. The molecule has 1 aromatic rings. The van der Waals surface area contributed by atoms with Gasteiger partial charge in [-0.2, -0.15) is 0 Å². The summed E-state index contributed by atoms with van der Waals surface area (Å²) in [6.45, 7) is 3.85. The van der Waals surface area contributed by atoms with E-state index in [0.29, 0.717) is 12.3 Å². The highest BCUT2D eigenvalue weighted by atomic mass is 16.5. The van der Waals surface area contributed by atoms with E-state index in [1.807, 2.05) is 25.1 Å². The molecule has 0 radical (unpaired) electrons. The number of carbonyl (C=O) groups excluding carboxylic acids is 2. The maximum absolute atomic E-state index is 11.5. The van der Waals surface area contributed by atoms with Gasteiger partial charge in [-0.05, 0) is 25.5 Å². The second-order valence-corrected chi connectivity index (χ2v) is 3.55. The van der Waals surface area contributed by atoms with Gasteiger partial charge in [0.15, 0.2) is 0 Å². The van der Waals surface area contributed by atoms with Crippen molar-refractivity contribution >= 4 is 17.7 Å². The molecule has 0 unspecified atom stereocenters. The van der Waals surface area contributed by atoms with Gasteiger partial charge in [-0.15, -0.1) is 0 Å². The Kier molecular flexibility index (Phi) is 5.66. The van der Waals surface area contributed by atoms with Gasteiger partial charge in [-0.25, -0.2) is 10.2 Å². The molecule has 0 bridgehead atoms. The fourth-order valence-corrected chi connectivity index (χ4v) is 1.28. The summed E-state index contributed by atoms with van der Waals surface area (Å²) in [7, 11) is 0. The number of ether oxygens (including phenoxy) is 1. The predicted octanol–water partition coefficient (Wildman–Crippen LogP) is 1.18. The van der Waals surface area contributed by atoms with Gasteiger partial charge in [0.25, 0.3) is 0 Å². The predicted molar refractivity (Wildman–Crippen MR) is 68.0 cm³/mol. The summed E-state index contributed by atoms with van der Waals surface area (Å²) in [5.41, 5.74) is 6.49. The average Bonchev–Trinajstić information content (AvgIpc) is 2.32. The Morgan fingerprint density at radius 1 is 1.28 bits per heavy atom. The molecule has 1 rings (SSSR count). The Morgan fingerprint density at radius 2 is 2.00 bits per heavy atom. The molecule has 1 aromatic carbocycles. The van der Waals surface area contributed by atoms with Gasteiger partial charge < -0.3 is 10.1 Å². The molecule has 0 aliphatic rings. The smallest absolute Gasteiger partial charge is 0.333 e. The van der Waals surface area contributed by atoms with Crippen LogP contribution < -0.4 is 16.2 Å². The standard InChI is InChI=1S/C12H17N3O3/c1-3-18-11(16)8-13-15-12(17)14-10-7-5-4-6-9(10)2/h4-7,13H,3,8H2,1-2H3,(H2,14,15,17). The van der Waals surface area contributed by atoms with Crippen LogP contribution in [-0.2, 0) is 9.53 Å². The third kappa shape index (κ3) is 4.84. The fourth-order valence-electron chi connectivity index (χ4n) is 1.28. The number of para-hydroxylation sites is 1. The van der Waals surface area contributed by atoms with E-state index in [1.54, 1.807) is 13.0 Å². The van der Waals surface area contributed by atoms with Crippen LogP contribution in [0.1, 0.15) is 12.5 Å². The molecule has 0 aromatic heterocycles. The number of carbonyl (C=O) groups is 2. The average molecular weight is 251 g/mol. The molecule has 6 nitrogen and oxygen atoms in total. The number of rotatable bonds is 5. The number of anilines is 1. The van der Waals surface area contributed by atoms with Crippen LogP contribution in [-0.4, -0.2) is 25.2 Å². The highest BCUT2D eigenvalue weighted by Crippen LogP contribution is 2.12. The first-order valence-electron chi connectivity index (χ1n) is 5.64. The van der Waals surface area contributed by atoms with Crippen LogP contribution in [0.25, 0.3) is 0 Å². The van der Waals surface area contributed by atoms with Crippen molar-refractivity contribution in [2.24, 2.45) is 0 Å². The number of esters is 1. The summed E-state index contributed by atoms with van der Waals surface area (Å²) in [4.78, 5) is 22.4. The molecule has 0 heterocycles. The third-order valence-corrected chi connectivity index (χ3v) is 2.13. The zero-order chi connectivity index (χ0) is 13.4. The molecule has 0 spiro atoms. The van der Waals surface area contributed by atoms with Crippen LogP contribution in [0.3, 0.4) is 0 Å². The van der Waals surface area contributed by atoms with Crippen molar-refractivity contribution in [3.8, 4) is 0 Å². The summed E-state index contributed by atoms with van der Waals surface area (Å²) >= 11 is 0. The minimum absolute atomic E-state index is 0.0744. The second kappa shape index (κ2) is 7.29. The SMILES string of the molecule is CCOC(=O)CNNC(=O)Nc1ccccc1C. The normalized spacial score (nSPS) is 9.67. The number of urea groups is 1. The molecule has 3 N–H and O–H groups in total. The van der Waals surface area contributed by atoms with Crippen molar-refractivity contribution in [2.45, 2.75) is 13.8 Å². The first-order valence-corrected chi connectivity index (χ1v) is 5.64. The number of hydrazine groups is 1. The van der Waals surface area contributed by atoms with Gasteiger partial charge >= 0.3 is 12.0 Å². The zero-order valence-electron chi connectivity index (χ0n) is 10.4. The number of nitrogens with one attached hydrogen (secondary N) is 3. The van der Waals surface area contributed by atoms with Crippen LogP contribution in [0, 0.1) is 6.92 Å². The monoisotopic (exact) mass is 251 g/mol. The van der Waals surface area contributed by atoms with Gasteiger partial charge in [0, 0.05) is 5.69 Å². The number of amides is 2. The van der Waals surface area contributed by atoms with E-state index in [0.717, 1.165) is 5.56 Å². The summed E-state index contributed by atoms with van der Waals surface area (Å²) in [5, 5.41) is 2.65. The van der Waals surface area contributed by atoms with Crippen molar-refractivity contribution < 1.29 is 14.3 Å². The minimum Gasteiger partial charge on any atom is -0.465 e. The Balaban J connectivity index is 2.30. The van der Waals surface area contributed by atoms with Crippen LogP contribution >= 0.6 is 0 Å². The highest BCUT2D eigenvalue weighted by Gasteiger charge is 2.04. The number of hydrogen-bond acceptors (Lipinski definition) is 4. The summed E-state index contributed by atoms with van der Waals surface area (Å²) < 4.78 is 4.69. The summed E-state index contributed by atoms with van der Waals surface area (Å²) in [5.74, 6) is -0.423. The lowest BCUT2D eigenvalue weighted by Gasteiger charge is -2.10. The molecular weight excluding hydrogens is 234 g/mol. The van der Waals surface area contributed by atoms with Crippen molar-refractivity contribution in [1.29, 1.82) is 0 Å². The zero-order valence-corrected chi connectivity index (χ0v) is 10.4. The second-order valence-electron chi connectivity index (χ2n) is 3.55. The molecular formula is C12H17N3O3. The van der Waals surface area contributed by atoms with Crippen molar-refractivity contribution in [2.75, 3.05) is 18.5 Å². The fraction of sp³-hybridized carbons (Fsp3) is 0.333. The van der Waals surface area contributed by atoms with E-state index in [9.17, 15) is 9.59 Å². The van der Waals surface area contributed by atoms with E-state index in [2.05, 4.69) is 20.9 Å². The highest BCUT2D eigenvalue weighted by molar-refractivity contribution is 5.89. The van der Waals surface area contributed by atoms with Gasteiger partial charge in [-0.1, -0.05) is 18.2 Å². The molecule has 0 aliphatic carbocycles. The Morgan fingerprint density at radius 3 is 2.67 bits per heavy atom. The lowest BCUT2D eigenvalue weighted by Crippen LogP contribution is -2.43. The largest absolute Gasteiger partial charge is 0.465 e. The van der Waals surface area contributed by atoms with Crippen LogP contribution in [0.4, 0.5) is 10.5 Å². The molecule has 0 fully saturated rings. The van der Waals surface area contributed by atoms with Crippen molar-refractivity contribution in [3.05, 3.63) is 29.8 Å². The lowest BCUT2D eigenvalue weighted by molar-refractivity contribution is -0.142. The molecule has 0 saturated carbocycles. The molecule has 18 heavy (non-hydrogen) atoms. The van der Waals surface area contributed by atoms with Crippen molar-refractivity contribution in [1.82, 2.24) is 10.9 Å². The minimum atomic E-state index is -0.436. The van der Waals surface area contributed by atoms with Crippen LogP contribution in [0.5, 0.6) is 0 Å². The summed E-state index contributed by atoms with van der Waals surface area (Å²) in [6, 6.07) is 6.96. The molecule has 0 aliphatic heterocycles. The Hall–Kier alpha value is -2.08. The molecule has 0 saturated heterocycles. The van der Waals surface area contributed by atoms with E-state index in [-0.39, 0.29) is 6.54 Å². The van der Waals surface area contributed by atoms with Crippen LogP contribution in [0.2, 0.25) is 0 Å². The van der Waals surface area contributed by atoms with E-state index in [4.69, 9.17) is 0 Å². The molecule has 6 heteroatoms. The molecule has 0 atom stereocenters. The van der Waals surface area contributed by atoms with Crippen LogP contribution in [0.15, 0.2) is 24.3 Å². The Bertz CT molecular complexity index is 421. The maximum Gasteiger partial charge on any atom is 0.333 e.